The van der Waals surface area contributed by atoms with Crippen molar-refractivity contribution in [2.75, 3.05) is 19.6 Å². The van der Waals surface area contributed by atoms with Crippen LogP contribution >= 0.6 is 11.6 Å². The summed E-state index contributed by atoms with van der Waals surface area (Å²) < 4.78 is 1.74. The first kappa shape index (κ1) is 17.0. The number of hydrogen-bond donors (Lipinski definition) is 2. The maximum absolute atomic E-state index is 12.4. The van der Waals surface area contributed by atoms with Gasteiger partial charge < -0.3 is 10.6 Å². The molecule has 0 spiro atoms. The molecular formula is C18H23ClN4O. The molecule has 1 aliphatic rings. The van der Waals surface area contributed by atoms with Crippen LogP contribution in [0.2, 0.25) is 5.02 Å². The van der Waals surface area contributed by atoms with Crippen molar-refractivity contribution < 1.29 is 4.79 Å². The number of hydrogen-bond acceptors (Lipinski definition) is 3. The zero-order chi connectivity index (χ0) is 16.9. The maximum atomic E-state index is 12.4. The Balaban J connectivity index is 1.61. The van der Waals surface area contributed by atoms with E-state index in [1.165, 1.54) is 12.8 Å². The van der Waals surface area contributed by atoms with Gasteiger partial charge >= 0.3 is 0 Å². The lowest BCUT2D eigenvalue weighted by Gasteiger charge is -2.22. The van der Waals surface area contributed by atoms with Crippen molar-refractivity contribution in [2.24, 2.45) is 5.92 Å². The summed E-state index contributed by atoms with van der Waals surface area (Å²) in [4.78, 5) is 12.4. The third-order valence-electron chi connectivity index (χ3n) is 4.54. The van der Waals surface area contributed by atoms with Crippen LogP contribution in [0, 0.1) is 12.8 Å². The number of carbonyl (C=O) groups excluding carboxylic acids is 1. The monoisotopic (exact) mass is 346 g/mol. The second-order valence-electron chi connectivity index (χ2n) is 6.29. The average Bonchev–Trinajstić information content (AvgIpc) is 2.97. The van der Waals surface area contributed by atoms with E-state index in [4.69, 9.17) is 11.6 Å². The molecule has 1 aliphatic heterocycles. The molecule has 1 unspecified atom stereocenters. The van der Waals surface area contributed by atoms with Gasteiger partial charge in [0.05, 0.1) is 23.1 Å². The van der Waals surface area contributed by atoms with Crippen molar-refractivity contribution in [3.8, 4) is 5.69 Å². The highest BCUT2D eigenvalue weighted by Gasteiger charge is 2.16. The van der Waals surface area contributed by atoms with E-state index >= 15 is 0 Å². The highest BCUT2D eigenvalue weighted by atomic mass is 35.5. The molecule has 1 aromatic heterocycles. The second-order valence-corrected chi connectivity index (χ2v) is 6.73. The third-order valence-corrected chi connectivity index (χ3v) is 4.78. The summed E-state index contributed by atoms with van der Waals surface area (Å²) in [7, 11) is 0. The Morgan fingerprint density at radius 1 is 1.50 bits per heavy atom. The Labute approximate surface area is 147 Å². The first-order valence-corrected chi connectivity index (χ1v) is 8.82. The SMILES string of the molecule is Cc1c(C(=O)NCCC2CCCNC2)cnn1-c1cccc(Cl)c1. The lowest BCUT2D eigenvalue weighted by atomic mass is 9.96. The van der Waals surface area contributed by atoms with E-state index in [1.807, 2.05) is 31.2 Å². The summed E-state index contributed by atoms with van der Waals surface area (Å²) in [6.07, 6.45) is 5.10. The van der Waals surface area contributed by atoms with Crippen molar-refractivity contribution in [3.63, 3.8) is 0 Å². The van der Waals surface area contributed by atoms with Gasteiger partial charge in [-0.15, -0.1) is 0 Å². The molecule has 6 heteroatoms. The van der Waals surface area contributed by atoms with Crippen LogP contribution in [0.5, 0.6) is 0 Å². The molecule has 2 N–H and O–H groups in total. The first-order valence-electron chi connectivity index (χ1n) is 8.44. The van der Waals surface area contributed by atoms with Crippen LogP contribution in [0.25, 0.3) is 5.69 Å². The van der Waals surface area contributed by atoms with Gasteiger partial charge in [0.15, 0.2) is 0 Å². The minimum atomic E-state index is -0.0652. The maximum Gasteiger partial charge on any atom is 0.254 e. The van der Waals surface area contributed by atoms with Gasteiger partial charge in [-0.25, -0.2) is 4.68 Å². The lowest BCUT2D eigenvalue weighted by Crippen LogP contribution is -2.33. The quantitative estimate of drug-likeness (QED) is 0.875. The molecule has 1 aromatic carbocycles. The summed E-state index contributed by atoms with van der Waals surface area (Å²) in [6.45, 7) is 4.77. The smallest absolute Gasteiger partial charge is 0.254 e. The van der Waals surface area contributed by atoms with E-state index in [-0.39, 0.29) is 5.91 Å². The van der Waals surface area contributed by atoms with E-state index in [0.717, 1.165) is 30.9 Å². The van der Waals surface area contributed by atoms with Crippen molar-refractivity contribution in [1.82, 2.24) is 20.4 Å². The fourth-order valence-corrected chi connectivity index (χ4v) is 3.34. The van der Waals surface area contributed by atoms with Crippen molar-refractivity contribution in [1.29, 1.82) is 0 Å². The molecule has 3 rings (SSSR count). The lowest BCUT2D eigenvalue weighted by molar-refractivity contribution is 0.0950. The molecule has 1 fully saturated rings. The number of benzene rings is 1. The predicted molar refractivity (Wildman–Crippen MR) is 95.9 cm³/mol. The Morgan fingerprint density at radius 3 is 3.12 bits per heavy atom. The van der Waals surface area contributed by atoms with Gasteiger partial charge in [-0.2, -0.15) is 5.10 Å². The summed E-state index contributed by atoms with van der Waals surface area (Å²) in [5, 5.41) is 11.4. The molecule has 1 atom stereocenters. The highest BCUT2D eigenvalue weighted by molar-refractivity contribution is 6.30. The van der Waals surface area contributed by atoms with Crippen molar-refractivity contribution in [2.45, 2.75) is 26.2 Å². The number of carbonyl (C=O) groups is 1. The van der Waals surface area contributed by atoms with Crippen LogP contribution < -0.4 is 10.6 Å². The highest BCUT2D eigenvalue weighted by Crippen LogP contribution is 2.18. The fraction of sp³-hybridized carbons (Fsp3) is 0.444. The summed E-state index contributed by atoms with van der Waals surface area (Å²) in [5.41, 5.74) is 2.28. The molecule has 0 radical (unpaired) electrons. The van der Waals surface area contributed by atoms with Crippen LogP contribution in [0.3, 0.4) is 0 Å². The Bertz CT molecular complexity index is 707. The minimum Gasteiger partial charge on any atom is -0.352 e. The zero-order valence-electron chi connectivity index (χ0n) is 13.9. The molecule has 24 heavy (non-hydrogen) atoms. The average molecular weight is 347 g/mol. The Hall–Kier alpha value is -1.85. The van der Waals surface area contributed by atoms with Crippen LogP contribution in [-0.4, -0.2) is 35.3 Å². The van der Waals surface area contributed by atoms with E-state index in [9.17, 15) is 4.79 Å². The third kappa shape index (κ3) is 3.97. The van der Waals surface area contributed by atoms with Gasteiger partial charge in [0.2, 0.25) is 0 Å². The normalized spacial score (nSPS) is 17.7. The van der Waals surface area contributed by atoms with E-state index in [1.54, 1.807) is 10.9 Å². The molecule has 0 saturated carbocycles. The molecular weight excluding hydrogens is 324 g/mol. The standard InChI is InChI=1S/C18H23ClN4O/c1-13-17(12-22-23(13)16-6-2-5-15(19)10-16)18(24)21-9-7-14-4-3-8-20-11-14/h2,5-6,10,12,14,20H,3-4,7-9,11H2,1H3,(H,21,24). The van der Waals surface area contributed by atoms with Crippen molar-refractivity contribution >= 4 is 17.5 Å². The molecule has 1 saturated heterocycles. The number of rotatable bonds is 5. The second kappa shape index (κ2) is 7.81. The van der Waals surface area contributed by atoms with Gasteiger partial charge in [0, 0.05) is 11.6 Å². The van der Waals surface area contributed by atoms with Crippen molar-refractivity contribution in [3.05, 3.63) is 46.7 Å². The molecule has 1 amide bonds. The molecule has 0 aliphatic carbocycles. The number of nitrogens with zero attached hydrogens (tertiary/aromatic N) is 2. The van der Waals surface area contributed by atoms with Crippen LogP contribution in [0.4, 0.5) is 0 Å². The van der Waals surface area contributed by atoms with Crippen LogP contribution in [-0.2, 0) is 0 Å². The topological polar surface area (TPSA) is 59.0 Å². The molecule has 2 aromatic rings. The Kier molecular flexibility index (Phi) is 5.53. The number of piperidine rings is 1. The van der Waals surface area contributed by atoms with Gasteiger partial charge in [0.25, 0.3) is 5.91 Å². The molecule has 5 nitrogen and oxygen atoms in total. The fourth-order valence-electron chi connectivity index (χ4n) is 3.16. The number of halogens is 1. The van der Waals surface area contributed by atoms with Gasteiger partial charge in [0.1, 0.15) is 0 Å². The number of aromatic nitrogens is 2. The van der Waals surface area contributed by atoms with Crippen LogP contribution in [0.15, 0.2) is 30.5 Å². The van der Waals surface area contributed by atoms with E-state index in [0.29, 0.717) is 23.0 Å². The summed E-state index contributed by atoms with van der Waals surface area (Å²) >= 11 is 6.03. The van der Waals surface area contributed by atoms with E-state index < -0.39 is 0 Å². The van der Waals surface area contributed by atoms with Gasteiger partial charge in [-0.05, 0) is 63.4 Å². The molecule has 128 valence electrons. The summed E-state index contributed by atoms with van der Waals surface area (Å²) in [6, 6.07) is 7.44. The largest absolute Gasteiger partial charge is 0.352 e. The van der Waals surface area contributed by atoms with Gasteiger partial charge in [-0.3, -0.25) is 4.79 Å². The van der Waals surface area contributed by atoms with Crippen LogP contribution in [0.1, 0.15) is 35.3 Å². The van der Waals surface area contributed by atoms with E-state index in [2.05, 4.69) is 15.7 Å². The first-order chi connectivity index (χ1) is 11.6. The summed E-state index contributed by atoms with van der Waals surface area (Å²) in [5.74, 6) is 0.596. The minimum absolute atomic E-state index is 0.0652. The number of amides is 1. The Morgan fingerprint density at radius 2 is 2.38 bits per heavy atom. The predicted octanol–water partition coefficient (Wildman–Crippen LogP) is 2.95. The molecule has 2 heterocycles. The zero-order valence-corrected chi connectivity index (χ0v) is 14.6. The van der Waals surface area contributed by atoms with Gasteiger partial charge in [-0.1, -0.05) is 17.7 Å². The molecule has 0 bridgehead atoms. The number of nitrogens with one attached hydrogen (secondary N) is 2.